The summed E-state index contributed by atoms with van der Waals surface area (Å²) in [6.07, 6.45) is 5.43. The molecule has 0 amide bonds. The van der Waals surface area contributed by atoms with Crippen LogP contribution in [0.3, 0.4) is 0 Å². The monoisotopic (exact) mass is 196 g/mol. The van der Waals surface area contributed by atoms with Crippen molar-refractivity contribution < 1.29 is 0 Å². The summed E-state index contributed by atoms with van der Waals surface area (Å²) in [6.45, 7) is 4.28. The number of hydrogen-bond donors (Lipinski definition) is 0. The molecule has 3 heteroatoms. The van der Waals surface area contributed by atoms with Gasteiger partial charge in [0.1, 0.15) is 7.85 Å². The Morgan fingerprint density at radius 3 is 2.67 bits per heavy atom. The van der Waals surface area contributed by atoms with E-state index in [1.807, 2.05) is 16.8 Å². The van der Waals surface area contributed by atoms with Crippen molar-refractivity contribution in [2.45, 2.75) is 19.8 Å². The first-order valence-electron chi connectivity index (χ1n) is 5.06. The molecule has 1 aromatic heterocycles. The third-order valence-electron chi connectivity index (χ3n) is 2.49. The van der Waals surface area contributed by atoms with Gasteiger partial charge in [-0.2, -0.15) is 0 Å². The highest BCUT2D eigenvalue weighted by atomic mass is 15.0. The normalized spacial score (nSPS) is 10.9. The average molecular weight is 196 g/mol. The van der Waals surface area contributed by atoms with Crippen molar-refractivity contribution in [1.82, 2.24) is 9.55 Å². The van der Waals surface area contributed by atoms with E-state index in [4.69, 9.17) is 7.85 Å². The zero-order chi connectivity index (χ0) is 10.8. The van der Waals surface area contributed by atoms with Crippen LogP contribution in [0.5, 0.6) is 0 Å². The van der Waals surface area contributed by atoms with E-state index in [-0.39, 0.29) is 0 Å². The van der Waals surface area contributed by atoms with Gasteiger partial charge in [0.05, 0.1) is 6.33 Å². The fourth-order valence-corrected chi connectivity index (χ4v) is 1.66. The molecule has 2 rings (SSSR count). The number of nitrogens with zero attached hydrogens (tertiary/aromatic N) is 2. The minimum absolute atomic E-state index is 0.460. The Labute approximate surface area is 91.4 Å². The van der Waals surface area contributed by atoms with E-state index in [1.54, 1.807) is 12.5 Å². The number of rotatable bonds is 2. The zero-order valence-electron chi connectivity index (χ0n) is 9.01. The first-order valence-corrected chi connectivity index (χ1v) is 5.06. The van der Waals surface area contributed by atoms with Gasteiger partial charge in [-0.25, -0.2) is 4.98 Å². The molecule has 0 fully saturated rings. The number of imidazole rings is 1. The summed E-state index contributed by atoms with van der Waals surface area (Å²) < 4.78 is 1.94. The van der Waals surface area contributed by atoms with Gasteiger partial charge in [0.2, 0.25) is 0 Å². The summed E-state index contributed by atoms with van der Waals surface area (Å²) in [7, 11) is 5.99. The molecule has 0 saturated heterocycles. The minimum Gasteiger partial charge on any atom is -0.306 e. The van der Waals surface area contributed by atoms with Gasteiger partial charge >= 0.3 is 0 Å². The predicted octanol–water partition coefficient (Wildman–Crippen LogP) is 1.79. The molecule has 2 nitrogen and oxygen atoms in total. The lowest BCUT2D eigenvalue weighted by atomic mass is 9.85. The van der Waals surface area contributed by atoms with Crippen LogP contribution in [-0.2, 0) is 0 Å². The van der Waals surface area contributed by atoms with Crippen molar-refractivity contribution in [3.63, 3.8) is 0 Å². The van der Waals surface area contributed by atoms with Crippen LogP contribution in [0.25, 0.3) is 5.69 Å². The van der Waals surface area contributed by atoms with Crippen LogP contribution in [0.2, 0.25) is 0 Å². The fourth-order valence-electron chi connectivity index (χ4n) is 1.66. The van der Waals surface area contributed by atoms with Crippen LogP contribution in [0.1, 0.15) is 25.3 Å². The first-order chi connectivity index (χ1) is 7.18. The topological polar surface area (TPSA) is 17.8 Å². The van der Waals surface area contributed by atoms with Crippen LogP contribution >= 0.6 is 0 Å². The quantitative estimate of drug-likeness (QED) is 0.669. The van der Waals surface area contributed by atoms with E-state index in [1.165, 1.54) is 5.56 Å². The lowest BCUT2D eigenvalue weighted by molar-refractivity contribution is 0.872. The van der Waals surface area contributed by atoms with Gasteiger partial charge in [0.15, 0.2) is 0 Å². The molecule has 0 atom stereocenters. The molecule has 1 aromatic carbocycles. The van der Waals surface area contributed by atoms with E-state index >= 15 is 0 Å². The van der Waals surface area contributed by atoms with Crippen LogP contribution in [0.15, 0.2) is 36.9 Å². The van der Waals surface area contributed by atoms with E-state index < -0.39 is 0 Å². The van der Waals surface area contributed by atoms with E-state index in [2.05, 4.69) is 31.0 Å². The molecule has 2 radical (unpaired) electrons. The lowest BCUT2D eigenvalue weighted by Gasteiger charge is -2.12. The summed E-state index contributed by atoms with van der Waals surface area (Å²) in [5.41, 5.74) is 3.09. The maximum absolute atomic E-state index is 5.99. The smallest absolute Gasteiger partial charge is 0.114 e. The van der Waals surface area contributed by atoms with Crippen LogP contribution in [0, 0.1) is 0 Å². The Bertz CT molecular complexity index is 447. The van der Waals surface area contributed by atoms with Gasteiger partial charge < -0.3 is 4.57 Å². The average Bonchev–Trinajstić information content (AvgIpc) is 2.69. The second kappa shape index (κ2) is 3.93. The van der Waals surface area contributed by atoms with Gasteiger partial charge in [0, 0.05) is 18.1 Å². The Kier molecular flexibility index (Phi) is 2.63. The maximum Gasteiger partial charge on any atom is 0.114 e. The van der Waals surface area contributed by atoms with Crippen molar-refractivity contribution >= 4 is 13.3 Å². The van der Waals surface area contributed by atoms with Crippen molar-refractivity contribution in [2.24, 2.45) is 0 Å². The van der Waals surface area contributed by atoms with Gasteiger partial charge in [0.25, 0.3) is 0 Å². The molecule has 0 aliphatic heterocycles. The highest BCUT2D eigenvalue weighted by Gasteiger charge is 2.04. The molecule has 1 heterocycles. The molecule has 0 spiro atoms. The Hall–Kier alpha value is -1.51. The van der Waals surface area contributed by atoms with Gasteiger partial charge in [-0.15, -0.1) is 0 Å². The predicted molar refractivity (Wildman–Crippen MR) is 63.0 cm³/mol. The molecular formula is C12H13BN2. The number of benzene rings is 1. The maximum atomic E-state index is 5.99. The molecule has 0 aliphatic carbocycles. The molecule has 15 heavy (non-hydrogen) atoms. The van der Waals surface area contributed by atoms with Crippen molar-refractivity contribution in [3.05, 3.63) is 42.5 Å². The third-order valence-corrected chi connectivity index (χ3v) is 2.49. The van der Waals surface area contributed by atoms with Crippen LogP contribution in [-0.4, -0.2) is 17.4 Å². The third kappa shape index (κ3) is 1.96. The minimum atomic E-state index is 0.460. The summed E-state index contributed by atoms with van der Waals surface area (Å²) in [4.78, 5) is 4.01. The molecule has 0 aliphatic rings. The van der Waals surface area contributed by atoms with Gasteiger partial charge in [-0.1, -0.05) is 30.9 Å². The molecule has 0 N–H and O–H groups in total. The van der Waals surface area contributed by atoms with Crippen LogP contribution in [0.4, 0.5) is 0 Å². The van der Waals surface area contributed by atoms with Crippen molar-refractivity contribution in [3.8, 4) is 5.69 Å². The molecular weight excluding hydrogens is 183 g/mol. The van der Waals surface area contributed by atoms with Crippen molar-refractivity contribution in [1.29, 1.82) is 0 Å². The van der Waals surface area contributed by atoms with Gasteiger partial charge in [-0.05, 0) is 18.1 Å². The Morgan fingerprint density at radius 2 is 2.13 bits per heavy atom. The van der Waals surface area contributed by atoms with E-state index in [9.17, 15) is 0 Å². The SMILES string of the molecule is [B]c1cc(-n2ccnc2)ccc1C(C)C. The molecule has 0 unspecified atom stereocenters. The van der Waals surface area contributed by atoms with Gasteiger partial charge in [-0.3, -0.25) is 0 Å². The summed E-state index contributed by atoms with van der Waals surface area (Å²) in [5, 5.41) is 0. The zero-order valence-corrected chi connectivity index (χ0v) is 9.01. The Morgan fingerprint density at radius 1 is 1.33 bits per heavy atom. The fraction of sp³-hybridized carbons (Fsp3) is 0.250. The Balaban J connectivity index is 2.42. The molecule has 74 valence electrons. The summed E-state index contributed by atoms with van der Waals surface area (Å²) in [6, 6.07) is 6.12. The van der Waals surface area contributed by atoms with Crippen molar-refractivity contribution in [2.75, 3.05) is 0 Å². The highest BCUT2D eigenvalue weighted by Crippen LogP contribution is 2.14. The van der Waals surface area contributed by atoms with E-state index in [0.29, 0.717) is 5.92 Å². The molecule has 0 bridgehead atoms. The largest absolute Gasteiger partial charge is 0.306 e. The molecule has 0 saturated carbocycles. The highest BCUT2D eigenvalue weighted by molar-refractivity contribution is 6.33. The standard InChI is InChI=1S/C12H13BN2/c1-9(2)11-4-3-10(7-12(11)13)15-6-5-14-8-15/h3-9H,1-2H3. The number of aromatic nitrogens is 2. The second-order valence-corrected chi connectivity index (χ2v) is 3.94. The summed E-state index contributed by atoms with van der Waals surface area (Å²) >= 11 is 0. The second-order valence-electron chi connectivity index (χ2n) is 3.94. The lowest BCUT2D eigenvalue weighted by Crippen LogP contribution is -2.12. The van der Waals surface area contributed by atoms with E-state index in [0.717, 1.165) is 11.2 Å². The summed E-state index contributed by atoms with van der Waals surface area (Å²) in [5.74, 6) is 0.460. The first kappa shape index (κ1) is 10.0. The number of hydrogen-bond acceptors (Lipinski definition) is 1. The van der Waals surface area contributed by atoms with Crippen LogP contribution < -0.4 is 5.46 Å². The molecule has 2 aromatic rings.